The molecule has 0 unspecified atom stereocenters. The monoisotopic (exact) mass is 272 g/mol. The topological polar surface area (TPSA) is 36.3 Å². The van der Waals surface area contributed by atoms with Gasteiger partial charge >= 0.3 is 0 Å². The molecule has 0 aliphatic carbocycles. The zero-order chi connectivity index (χ0) is 14.0. The molecule has 1 aliphatic heterocycles. The molecule has 2 heterocycles. The van der Waals surface area contributed by atoms with E-state index < -0.39 is 5.79 Å². The molecule has 0 bridgehead atoms. The summed E-state index contributed by atoms with van der Waals surface area (Å²) in [4.78, 5) is 4.08. The van der Waals surface area contributed by atoms with Crippen LogP contribution in [-0.4, -0.2) is 28.6 Å². The van der Waals surface area contributed by atoms with E-state index in [2.05, 4.69) is 37.0 Å². The van der Waals surface area contributed by atoms with Gasteiger partial charge in [0.05, 0.1) is 26.1 Å². The fourth-order valence-corrected chi connectivity index (χ4v) is 2.74. The Morgan fingerprint density at radius 3 is 2.70 bits per heavy atom. The number of rotatable bonds is 4. The lowest BCUT2D eigenvalue weighted by molar-refractivity contribution is -0.166. The Morgan fingerprint density at radius 1 is 1.25 bits per heavy atom. The normalized spacial score (nSPS) is 17.5. The molecule has 4 heteroatoms. The van der Waals surface area contributed by atoms with Crippen molar-refractivity contribution >= 4 is 0 Å². The van der Waals surface area contributed by atoms with E-state index in [4.69, 9.17) is 9.47 Å². The number of ether oxygens (including phenoxy) is 2. The summed E-state index contributed by atoms with van der Waals surface area (Å²) in [5, 5.41) is 0. The van der Waals surface area contributed by atoms with Crippen LogP contribution in [0.4, 0.5) is 0 Å². The third-order valence-electron chi connectivity index (χ3n) is 3.75. The summed E-state index contributed by atoms with van der Waals surface area (Å²) in [5.41, 5.74) is 3.84. The molecule has 0 amide bonds. The van der Waals surface area contributed by atoms with Crippen LogP contribution >= 0.6 is 0 Å². The fourth-order valence-electron chi connectivity index (χ4n) is 2.74. The minimum Gasteiger partial charge on any atom is -0.345 e. The van der Waals surface area contributed by atoms with E-state index in [0.717, 1.165) is 6.42 Å². The van der Waals surface area contributed by atoms with E-state index in [1.54, 1.807) is 12.5 Å². The van der Waals surface area contributed by atoms with Gasteiger partial charge in [0, 0.05) is 18.8 Å². The number of nitrogens with zero attached hydrogens (tertiary/aromatic N) is 2. The van der Waals surface area contributed by atoms with E-state index in [9.17, 15) is 0 Å². The molecule has 1 saturated heterocycles. The lowest BCUT2D eigenvalue weighted by atomic mass is 9.98. The summed E-state index contributed by atoms with van der Waals surface area (Å²) >= 11 is 0. The SMILES string of the molecule is Cc1ccc(CC2(Cn3ccnc3)OCCO2)c(C)c1. The van der Waals surface area contributed by atoms with Crippen LogP contribution in [0.15, 0.2) is 36.9 Å². The number of aryl methyl sites for hydroxylation is 2. The van der Waals surface area contributed by atoms with Gasteiger partial charge in [0.25, 0.3) is 0 Å². The average molecular weight is 272 g/mol. The van der Waals surface area contributed by atoms with Crippen molar-refractivity contribution in [2.45, 2.75) is 32.6 Å². The quantitative estimate of drug-likeness (QED) is 0.858. The highest BCUT2D eigenvalue weighted by atomic mass is 16.7. The van der Waals surface area contributed by atoms with Crippen LogP contribution < -0.4 is 0 Å². The maximum atomic E-state index is 5.93. The first-order valence-electron chi connectivity index (χ1n) is 6.97. The van der Waals surface area contributed by atoms with Crippen LogP contribution in [0, 0.1) is 13.8 Å². The van der Waals surface area contributed by atoms with Crippen LogP contribution in [0.1, 0.15) is 16.7 Å². The van der Waals surface area contributed by atoms with Gasteiger partial charge < -0.3 is 14.0 Å². The largest absolute Gasteiger partial charge is 0.345 e. The molecule has 4 nitrogen and oxygen atoms in total. The van der Waals surface area contributed by atoms with E-state index in [1.165, 1.54) is 16.7 Å². The van der Waals surface area contributed by atoms with Crippen LogP contribution in [-0.2, 0) is 22.4 Å². The van der Waals surface area contributed by atoms with E-state index in [0.29, 0.717) is 19.8 Å². The van der Waals surface area contributed by atoms with Crippen LogP contribution in [0.5, 0.6) is 0 Å². The summed E-state index contributed by atoms with van der Waals surface area (Å²) in [6.45, 7) is 6.22. The van der Waals surface area contributed by atoms with Gasteiger partial charge in [0.1, 0.15) is 0 Å². The predicted octanol–water partition coefficient (Wildman–Crippen LogP) is 2.49. The molecule has 1 aromatic carbocycles. The van der Waals surface area contributed by atoms with Crippen molar-refractivity contribution < 1.29 is 9.47 Å². The Balaban J connectivity index is 1.83. The Kier molecular flexibility index (Phi) is 3.59. The van der Waals surface area contributed by atoms with E-state index >= 15 is 0 Å². The number of hydrogen-bond donors (Lipinski definition) is 0. The summed E-state index contributed by atoms with van der Waals surface area (Å²) in [7, 11) is 0. The highest BCUT2D eigenvalue weighted by molar-refractivity contribution is 5.31. The summed E-state index contributed by atoms with van der Waals surface area (Å²) in [5.74, 6) is -0.569. The smallest absolute Gasteiger partial charge is 0.190 e. The molecule has 0 N–H and O–H groups in total. The maximum absolute atomic E-state index is 5.93. The Labute approximate surface area is 119 Å². The van der Waals surface area contributed by atoms with Gasteiger partial charge in [-0.2, -0.15) is 0 Å². The highest BCUT2D eigenvalue weighted by Gasteiger charge is 2.37. The lowest BCUT2D eigenvalue weighted by Crippen LogP contribution is -2.38. The van der Waals surface area contributed by atoms with Crippen molar-refractivity contribution in [3.8, 4) is 0 Å². The Morgan fingerprint density at radius 2 is 2.05 bits per heavy atom. The van der Waals surface area contributed by atoms with Gasteiger partial charge in [0.2, 0.25) is 0 Å². The molecular weight excluding hydrogens is 252 g/mol. The molecule has 2 aromatic rings. The average Bonchev–Trinajstić information content (AvgIpc) is 3.06. The van der Waals surface area contributed by atoms with Gasteiger partial charge in [-0.3, -0.25) is 0 Å². The summed E-state index contributed by atoms with van der Waals surface area (Å²) < 4.78 is 13.9. The number of hydrogen-bond acceptors (Lipinski definition) is 3. The molecule has 0 spiro atoms. The minimum absolute atomic E-state index is 0.569. The van der Waals surface area contributed by atoms with Gasteiger partial charge in [0.15, 0.2) is 5.79 Å². The molecule has 1 fully saturated rings. The zero-order valence-corrected chi connectivity index (χ0v) is 12.0. The first-order valence-corrected chi connectivity index (χ1v) is 6.97. The number of aromatic nitrogens is 2. The maximum Gasteiger partial charge on any atom is 0.190 e. The second-order valence-electron chi connectivity index (χ2n) is 5.45. The first kappa shape index (κ1) is 13.3. The van der Waals surface area contributed by atoms with Gasteiger partial charge in [-0.25, -0.2) is 4.98 Å². The van der Waals surface area contributed by atoms with Crippen molar-refractivity contribution in [1.82, 2.24) is 9.55 Å². The van der Waals surface area contributed by atoms with Gasteiger partial charge in [-0.05, 0) is 25.0 Å². The standard InChI is InChI=1S/C16H20N2O2/c1-13-3-4-15(14(2)9-13)10-16(19-7-8-20-16)11-18-6-5-17-12-18/h3-6,9,12H,7-8,10-11H2,1-2H3. The molecule has 106 valence electrons. The second kappa shape index (κ2) is 5.38. The third-order valence-corrected chi connectivity index (χ3v) is 3.75. The molecule has 1 aromatic heterocycles. The molecule has 1 aliphatic rings. The Bertz CT molecular complexity index is 572. The lowest BCUT2D eigenvalue weighted by Gasteiger charge is -2.28. The van der Waals surface area contributed by atoms with E-state index in [-0.39, 0.29) is 0 Å². The van der Waals surface area contributed by atoms with Crippen molar-refractivity contribution in [2.75, 3.05) is 13.2 Å². The minimum atomic E-state index is -0.569. The molecule has 3 rings (SSSR count). The summed E-state index contributed by atoms with van der Waals surface area (Å²) in [6.07, 6.45) is 6.28. The van der Waals surface area contributed by atoms with Crippen molar-refractivity contribution in [1.29, 1.82) is 0 Å². The van der Waals surface area contributed by atoms with Gasteiger partial charge in [-0.15, -0.1) is 0 Å². The molecule has 20 heavy (non-hydrogen) atoms. The molecule has 0 atom stereocenters. The highest BCUT2D eigenvalue weighted by Crippen LogP contribution is 2.28. The fraction of sp³-hybridized carbons (Fsp3) is 0.438. The molecular formula is C16H20N2O2. The van der Waals surface area contributed by atoms with Crippen LogP contribution in [0.3, 0.4) is 0 Å². The first-order chi connectivity index (χ1) is 9.67. The molecule has 0 radical (unpaired) electrons. The zero-order valence-electron chi connectivity index (χ0n) is 12.0. The van der Waals surface area contributed by atoms with Crippen molar-refractivity contribution in [3.05, 3.63) is 53.6 Å². The third kappa shape index (κ3) is 2.76. The number of benzene rings is 1. The molecule has 0 saturated carbocycles. The van der Waals surface area contributed by atoms with Crippen LogP contribution in [0.25, 0.3) is 0 Å². The van der Waals surface area contributed by atoms with Crippen molar-refractivity contribution in [3.63, 3.8) is 0 Å². The Hall–Kier alpha value is -1.65. The van der Waals surface area contributed by atoms with E-state index in [1.807, 2.05) is 10.8 Å². The van der Waals surface area contributed by atoms with Crippen LogP contribution in [0.2, 0.25) is 0 Å². The summed E-state index contributed by atoms with van der Waals surface area (Å²) in [6, 6.07) is 6.52. The predicted molar refractivity (Wildman–Crippen MR) is 76.5 cm³/mol. The second-order valence-corrected chi connectivity index (χ2v) is 5.45. The van der Waals surface area contributed by atoms with Crippen molar-refractivity contribution in [2.24, 2.45) is 0 Å². The van der Waals surface area contributed by atoms with Gasteiger partial charge in [-0.1, -0.05) is 23.8 Å². The number of imidazole rings is 1.